The zero-order valence-corrected chi connectivity index (χ0v) is 14.9. The van der Waals surface area contributed by atoms with Crippen LogP contribution in [0.1, 0.15) is 15.9 Å². The highest BCUT2D eigenvalue weighted by Gasteiger charge is 2.33. The zero-order valence-electron chi connectivity index (χ0n) is 13.3. The minimum atomic E-state index is -0.393. The maximum Gasteiger partial charge on any atom is 0.285 e. The monoisotopic (exact) mass is 370 g/mol. The van der Waals surface area contributed by atoms with Gasteiger partial charge < -0.3 is 4.74 Å². The number of hydrogen-bond acceptors (Lipinski definition) is 5. The molecule has 0 aliphatic carbocycles. The summed E-state index contributed by atoms with van der Waals surface area (Å²) in [7, 11) is 1.57. The highest BCUT2D eigenvalue weighted by atomic mass is 32.2. The third-order valence-corrected chi connectivity index (χ3v) is 4.77. The van der Waals surface area contributed by atoms with E-state index < -0.39 is 5.91 Å². The van der Waals surface area contributed by atoms with E-state index in [2.05, 4.69) is 5.43 Å². The summed E-state index contributed by atoms with van der Waals surface area (Å²) in [6, 6.07) is 16.0. The predicted molar refractivity (Wildman–Crippen MR) is 102 cm³/mol. The summed E-state index contributed by atoms with van der Waals surface area (Å²) in [5.74, 6) is -0.110. The van der Waals surface area contributed by atoms with Gasteiger partial charge in [0.2, 0.25) is 0 Å². The number of carbonyl (C=O) groups is 2. The molecule has 1 aliphatic rings. The molecule has 0 saturated carbocycles. The van der Waals surface area contributed by atoms with Crippen LogP contribution in [0.4, 0.5) is 0 Å². The second-order valence-electron chi connectivity index (χ2n) is 5.07. The molecular weight excluding hydrogens is 356 g/mol. The first-order chi connectivity index (χ1) is 12.1. The van der Waals surface area contributed by atoms with Crippen molar-refractivity contribution in [1.29, 1.82) is 0 Å². The van der Waals surface area contributed by atoms with Crippen molar-refractivity contribution >= 4 is 46.2 Å². The topological polar surface area (TPSA) is 58.6 Å². The number of hydrogen-bond donors (Lipinski definition) is 1. The lowest BCUT2D eigenvalue weighted by Crippen LogP contribution is -2.44. The summed E-state index contributed by atoms with van der Waals surface area (Å²) in [5.41, 5.74) is 3.76. The van der Waals surface area contributed by atoms with Crippen LogP contribution in [0.15, 0.2) is 59.5 Å². The van der Waals surface area contributed by atoms with E-state index >= 15 is 0 Å². The zero-order chi connectivity index (χ0) is 17.8. The van der Waals surface area contributed by atoms with E-state index in [1.807, 2.05) is 30.3 Å². The number of thiocarbonyl (C=S) groups is 1. The van der Waals surface area contributed by atoms with Crippen molar-refractivity contribution in [3.05, 3.63) is 70.6 Å². The number of benzene rings is 2. The number of methoxy groups -OCH3 is 1. The first kappa shape index (κ1) is 17.2. The van der Waals surface area contributed by atoms with Gasteiger partial charge in [0.25, 0.3) is 11.8 Å². The van der Waals surface area contributed by atoms with Crippen LogP contribution in [0.5, 0.6) is 5.75 Å². The second-order valence-corrected chi connectivity index (χ2v) is 6.74. The minimum absolute atomic E-state index is 0.274. The molecule has 2 aromatic carbocycles. The van der Waals surface area contributed by atoms with Crippen LogP contribution in [0, 0.1) is 0 Å². The molecule has 1 fully saturated rings. The number of para-hydroxylation sites is 1. The quantitative estimate of drug-likeness (QED) is 0.661. The number of ether oxygens (including phenoxy) is 1. The molecule has 2 aromatic rings. The van der Waals surface area contributed by atoms with Crippen LogP contribution in [0.25, 0.3) is 6.08 Å². The average molecular weight is 370 g/mol. The summed E-state index contributed by atoms with van der Waals surface area (Å²) in [5, 5.41) is 1.09. The van der Waals surface area contributed by atoms with Crippen molar-refractivity contribution in [1.82, 2.24) is 10.4 Å². The van der Waals surface area contributed by atoms with E-state index in [-0.39, 0.29) is 10.2 Å². The highest BCUT2D eigenvalue weighted by Crippen LogP contribution is 2.33. The molecule has 0 radical (unpaired) electrons. The van der Waals surface area contributed by atoms with Gasteiger partial charge in [-0.05, 0) is 36.5 Å². The lowest BCUT2D eigenvalue weighted by atomic mass is 10.2. The molecule has 25 heavy (non-hydrogen) atoms. The van der Waals surface area contributed by atoms with Crippen molar-refractivity contribution in [3.63, 3.8) is 0 Å². The Hall–Kier alpha value is -2.64. The number of rotatable bonds is 4. The SMILES string of the molecule is COc1ccccc1/C=C1/SC(=S)N(NC(=O)c2ccccc2)C1=O. The maximum absolute atomic E-state index is 12.6. The first-order valence-corrected chi connectivity index (χ1v) is 8.59. The summed E-state index contributed by atoms with van der Waals surface area (Å²) in [6.45, 7) is 0. The van der Waals surface area contributed by atoms with Crippen molar-refractivity contribution < 1.29 is 14.3 Å². The summed E-state index contributed by atoms with van der Waals surface area (Å²) >= 11 is 6.35. The van der Waals surface area contributed by atoms with Crippen molar-refractivity contribution in [2.75, 3.05) is 7.11 Å². The highest BCUT2D eigenvalue weighted by molar-refractivity contribution is 8.26. The smallest absolute Gasteiger partial charge is 0.285 e. The molecule has 0 aromatic heterocycles. The number of hydrazine groups is 1. The lowest BCUT2D eigenvalue weighted by molar-refractivity contribution is -0.123. The number of nitrogens with zero attached hydrogens (tertiary/aromatic N) is 1. The fourth-order valence-electron chi connectivity index (χ4n) is 2.25. The molecule has 1 aliphatic heterocycles. The van der Waals surface area contributed by atoms with Gasteiger partial charge in [-0.2, -0.15) is 5.01 Å². The van der Waals surface area contributed by atoms with E-state index in [9.17, 15) is 9.59 Å². The van der Waals surface area contributed by atoms with Crippen molar-refractivity contribution in [2.24, 2.45) is 0 Å². The van der Waals surface area contributed by atoms with Crippen LogP contribution in [0.3, 0.4) is 0 Å². The van der Waals surface area contributed by atoms with Crippen LogP contribution < -0.4 is 10.2 Å². The summed E-state index contributed by atoms with van der Waals surface area (Å²) in [6.07, 6.45) is 1.70. The van der Waals surface area contributed by atoms with E-state index in [1.165, 1.54) is 0 Å². The number of carbonyl (C=O) groups excluding carboxylic acids is 2. The van der Waals surface area contributed by atoms with Gasteiger partial charge in [-0.1, -0.05) is 48.2 Å². The summed E-state index contributed by atoms with van der Waals surface area (Å²) in [4.78, 5) is 25.2. The van der Waals surface area contributed by atoms with Gasteiger partial charge in [-0.15, -0.1) is 0 Å². The minimum Gasteiger partial charge on any atom is -0.496 e. The molecule has 0 spiro atoms. The molecule has 1 heterocycles. The molecule has 5 nitrogen and oxygen atoms in total. The number of amides is 2. The van der Waals surface area contributed by atoms with Gasteiger partial charge in [0.05, 0.1) is 12.0 Å². The fourth-order valence-corrected chi connectivity index (χ4v) is 3.42. The molecule has 7 heteroatoms. The van der Waals surface area contributed by atoms with E-state index in [4.69, 9.17) is 17.0 Å². The van der Waals surface area contributed by atoms with Gasteiger partial charge in [0.15, 0.2) is 4.32 Å². The van der Waals surface area contributed by atoms with Gasteiger partial charge in [-0.3, -0.25) is 15.0 Å². The van der Waals surface area contributed by atoms with Gasteiger partial charge in [-0.25, -0.2) is 0 Å². The van der Waals surface area contributed by atoms with E-state index in [0.29, 0.717) is 16.2 Å². The molecule has 3 rings (SSSR count). The van der Waals surface area contributed by atoms with E-state index in [1.54, 1.807) is 37.5 Å². The Morgan fingerprint density at radius 3 is 2.56 bits per heavy atom. The molecule has 0 bridgehead atoms. The average Bonchev–Trinajstić information content (AvgIpc) is 2.90. The Morgan fingerprint density at radius 1 is 1.16 bits per heavy atom. The Labute approximate surface area is 154 Å². The Balaban J connectivity index is 1.81. The maximum atomic E-state index is 12.6. The van der Waals surface area contributed by atoms with Crippen LogP contribution in [0.2, 0.25) is 0 Å². The fraction of sp³-hybridized carbons (Fsp3) is 0.0556. The number of thioether (sulfide) groups is 1. The van der Waals surface area contributed by atoms with Gasteiger partial charge >= 0.3 is 0 Å². The Bertz CT molecular complexity index is 866. The first-order valence-electron chi connectivity index (χ1n) is 7.37. The second kappa shape index (κ2) is 7.50. The van der Waals surface area contributed by atoms with Crippen molar-refractivity contribution in [2.45, 2.75) is 0 Å². The van der Waals surface area contributed by atoms with Gasteiger partial charge in [0.1, 0.15) is 5.75 Å². The number of nitrogens with one attached hydrogen (secondary N) is 1. The van der Waals surface area contributed by atoms with Gasteiger partial charge in [0, 0.05) is 11.1 Å². The van der Waals surface area contributed by atoms with E-state index in [0.717, 1.165) is 22.3 Å². The standard InChI is InChI=1S/C18H14N2O3S2/c1-23-14-10-6-5-9-13(14)11-15-17(22)20(18(24)25-15)19-16(21)12-7-3-2-4-8-12/h2-11H,1H3,(H,19,21)/b15-11+. The molecular formula is C18H14N2O3S2. The Kier molecular flexibility index (Phi) is 5.16. The molecule has 126 valence electrons. The Morgan fingerprint density at radius 2 is 1.84 bits per heavy atom. The molecule has 1 N–H and O–H groups in total. The molecule has 1 saturated heterocycles. The third kappa shape index (κ3) is 3.72. The third-order valence-electron chi connectivity index (χ3n) is 3.47. The molecule has 0 unspecified atom stereocenters. The van der Waals surface area contributed by atoms with Crippen molar-refractivity contribution in [3.8, 4) is 5.75 Å². The van der Waals surface area contributed by atoms with Crippen LogP contribution >= 0.6 is 24.0 Å². The molecule has 2 amide bonds. The molecule has 0 atom stereocenters. The van der Waals surface area contributed by atoms with Crippen LogP contribution in [-0.2, 0) is 4.79 Å². The normalized spacial score (nSPS) is 15.6. The lowest BCUT2D eigenvalue weighted by Gasteiger charge is -2.15. The predicted octanol–water partition coefficient (Wildman–Crippen LogP) is 3.24. The largest absolute Gasteiger partial charge is 0.496 e. The summed E-state index contributed by atoms with van der Waals surface area (Å²) < 4.78 is 5.56. The van der Waals surface area contributed by atoms with Crippen LogP contribution in [-0.4, -0.2) is 28.3 Å².